The van der Waals surface area contributed by atoms with E-state index in [0.717, 1.165) is 11.3 Å². The number of nitrogens with zero attached hydrogens (tertiary/aromatic N) is 2. The van der Waals surface area contributed by atoms with Crippen LogP contribution < -0.4 is 10.5 Å². The van der Waals surface area contributed by atoms with Crippen LogP contribution in [0.1, 0.15) is 27.4 Å². The molecule has 0 spiro atoms. The second-order valence-electron chi connectivity index (χ2n) is 4.92. The molecule has 2 aromatic rings. The fourth-order valence-electron chi connectivity index (χ4n) is 2.13. The van der Waals surface area contributed by atoms with Crippen LogP contribution in [0.3, 0.4) is 0 Å². The summed E-state index contributed by atoms with van der Waals surface area (Å²) >= 11 is 0. The molecule has 1 heterocycles. The third-order valence-electron chi connectivity index (χ3n) is 3.38. The average Bonchev–Trinajstić information content (AvgIpc) is 2.78. The van der Waals surface area contributed by atoms with E-state index in [1.54, 1.807) is 30.1 Å². The molecule has 6 nitrogen and oxygen atoms in total. The van der Waals surface area contributed by atoms with E-state index in [9.17, 15) is 4.79 Å². The molecule has 0 unspecified atom stereocenters. The Hall–Kier alpha value is -2.50. The Labute approximate surface area is 123 Å². The first-order chi connectivity index (χ1) is 9.93. The van der Waals surface area contributed by atoms with Crippen molar-refractivity contribution in [3.05, 3.63) is 40.8 Å². The van der Waals surface area contributed by atoms with Crippen LogP contribution in [-0.4, -0.2) is 30.1 Å². The van der Waals surface area contributed by atoms with Crippen molar-refractivity contribution < 1.29 is 14.1 Å². The Morgan fingerprint density at radius 1 is 1.43 bits per heavy atom. The lowest BCUT2D eigenvalue weighted by atomic mass is 10.1. The highest BCUT2D eigenvalue weighted by Gasteiger charge is 2.20. The number of aromatic nitrogens is 1. The molecule has 0 fully saturated rings. The van der Waals surface area contributed by atoms with Gasteiger partial charge in [-0.3, -0.25) is 4.79 Å². The van der Waals surface area contributed by atoms with Gasteiger partial charge in [0.2, 0.25) is 0 Å². The van der Waals surface area contributed by atoms with Gasteiger partial charge >= 0.3 is 0 Å². The number of ether oxygens (including phenoxy) is 1. The van der Waals surface area contributed by atoms with Gasteiger partial charge in [-0.2, -0.15) is 0 Å². The van der Waals surface area contributed by atoms with Crippen molar-refractivity contribution in [2.24, 2.45) is 0 Å². The van der Waals surface area contributed by atoms with Crippen LogP contribution in [0.15, 0.2) is 22.7 Å². The first kappa shape index (κ1) is 14.9. The number of amides is 1. The van der Waals surface area contributed by atoms with Crippen molar-refractivity contribution in [2.75, 3.05) is 19.9 Å². The normalized spacial score (nSPS) is 10.5. The molecule has 6 heteroatoms. The molecule has 0 radical (unpaired) electrons. The highest BCUT2D eigenvalue weighted by molar-refractivity contribution is 5.97. The summed E-state index contributed by atoms with van der Waals surface area (Å²) in [6, 6.07) is 5.00. The molecule has 0 aliphatic carbocycles. The lowest BCUT2D eigenvalue weighted by molar-refractivity contribution is 0.0781. The van der Waals surface area contributed by atoms with Crippen LogP contribution in [0, 0.1) is 13.8 Å². The number of carbonyl (C=O) groups is 1. The number of rotatable bonds is 4. The number of nitrogens with two attached hydrogens (primary N) is 1. The highest BCUT2D eigenvalue weighted by Crippen LogP contribution is 2.23. The average molecular weight is 289 g/mol. The predicted molar refractivity (Wildman–Crippen MR) is 79.2 cm³/mol. The van der Waals surface area contributed by atoms with Crippen molar-refractivity contribution in [1.29, 1.82) is 0 Å². The molecule has 21 heavy (non-hydrogen) atoms. The zero-order chi connectivity index (χ0) is 15.6. The molecular weight excluding hydrogens is 270 g/mol. The third kappa shape index (κ3) is 2.99. The summed E-state index contributed by atoms with van der Waals surface area (Å²) in [7, 11) is 3.24. The number of hydrogen-bond donors (Lipinski definition) is 1. The Bertz CT molecular complexity index is 645. The quantitative estimate of drug-likeness (QED) is 0.872. The number of hydrogen-bond acceptors (Lipinski definition) is 5. The van der Waals surface area contributed by atoms with Crippen LogP contribution in [0.25, 0.3) is 0 Å². The summed E-state index contributed by atoms with van der Waals surface area (Å²) in [6.45, 7) is 4.10. The van der Waals surface area contributed by atoms with Crippen LogP contribution in [0.4, 0.5) is 5.69 Å². The van der Waals surface area contributed by atoms with E-state index in [1.165, 1.54) is 7.11 Å². The molecule has 0 saturated carbocycles. The molecule has 112 valence electrons. The van der Waals surface area contributed by atoms with Gasteiger partial charge in [-0.25, -0.2) is 0 Å². The Balaban J connectivity index is 2.26. The van der Waals surface area contributed by atoms with Gasteiger partial charge < -0.3 is 19.9 Å². The molecule has 2 N–H and O–H groups in total. The summed E-state index contributed by atoms with van der Waals surface area (Å²) < 4.78 is 10.3. The molecule has 1 aromatic carbocycles. The summed E-state index contributed by atoms with van der Waals surface area (Å²) in [6.07, 6.45) is 0. The van der Waals surface area contributed by atoms with Gasteiger partial charge in [0.1, 0.15) is 11.5 Å². The van der Waals surface area contributed by atoms with Gasteiger partial charge in [-0.05, 0) is 32.0 Å². The molecule has 0 aliphatic heterocycles. The van der Waals surface area contributed by atoms with Crippen LogP contribution in [-0.2, 0) is 6.54 Å². The van der Waals surface area contributed by atoms with Crippen LogP contribution in [0.5, 0.6) is 5.75 Å². The molecule has 2 rings (SSSR count). The van der Waals surface area contributed by atoms with Gasteiger partial charge in [-0.15, -0.1) is 0 Å². The minimum Gasteiger partial charge on any atom is -0.496 e. The SMILES string of the molecule is COc1ccc(N)cc1C(=O)N(C)Cc1c(C)noc1C. The minimum atomic E-state index is -0.167. The molecule has 0 saturated heterocycles. The second kappa shape index (κ2) is 5.87. The number of carbonyl (C=O) groups excluding carboxylic acids is 1. The van der Waals surface area contributed by atoms with Crippen LogP contribution >= 0.6 is 0 Å². The maximum absolute atomic E-state index is 12.6. The van der Waals surface area contributed by atoms with Gasteiger partial charge in [0.05, 0.1) is 24.9 Å². The zero-order valence-electron chi connectivity index (χ0n) is 12.6. The second-order valence-corrected chi connectivity index (χ2v) is 4.92. The van der Waals surface area contributed by atoms with Gasteiger partial charge in [0.25, 0.3) is 5.91 Å². The largest absolute Gasteiger partial charge is 0.496 e. The Kier molecular flexibility index (Phi) is 4.16. The molecule has 0 aliphatic rings. The molecule has 0 atom stereocenters. The van der Waals surface area contributed by atoms with Crippen molar-refractivity contribution in [1.82, 2.24) is 10.1 Å². The maximum Gasteiger partial charge on any atom is 0.257 e. The first-order valence-electron chi connectivity index (χ1n) is 6.54. The van der Waals surface area contributed by atoms with Crippen LogP contribution in [0.2, 0.25) is 0 Å². The van der Waals surface area contributed by atoms with Gasteiger partial charge in [0.15, 0.2) is 0 Å². The van der Waals surface area contributed by atoms with E-state index >= 15 is 0 Å². The lowest BCUT2D eigenvalue weighted by Crippen LogP contribution is -2.27. The molecule has 1 amide bonds. The van der Waals surface area contributed by atoms with Crippen molar-refractivity contribution in [3.63, 3.8) is 0 Å². The van der Waals surface area contributed by atoms with E-state index in [1.807, 2.05) is 13.8 Å². The van der Waals surface area contributed by atoms with Gasteiger partial charge in [0, 0.05) is 18.3 Å². The summed E-state index contributed by atoms with van der Waals surface area (Å²) in [4.78, 5) is 14.2. The third-order valence-corrected chi connectivity index (χ3v) is 3.38. The molecule has 0 bridgehead atoms. The molecule has 1 aromatic heterocycles. The van der Waals surface area contributed by atoms with E-state index in [-0.39, 0.29) is 5.91 Å². The number of anilines is 1. The van der Waals surface area contributed by atoms with E-state index < -0.39 is 0 Å². The van der Waals surface area contributed by atoms with E-state index in [4.69, 9.17) is 15.0 Å². The minimum absolute atomic E-state index is 0.167. The van der Waals surface area contributed by atoms with Crippen molar-refractivity contribution in [2.45, 2.75) is 20.4 Å². The van der Waals surface area contributed by atoms with E-state index in [2.05, 4.69) is 5.16 Å². The van der Waals surface area contributed by atoms with E-state index in [0.29, 0.717) is 29.3 Å². The molecular formula is C15H19N3O3. The van der Waals surface area contributed by atoms with Crippen molar-refractivity contribution in [3.8, 4) is 5.75 Å². The standard InChI is InChI=1S/C15H19N3O3/c1-9-13(10(2)21-17-9)8-18(3)15(19)12-7-11(16)5-6-14(12)20-4/h5-7H,8,16H2,1-4H3. The number of methoxy groups -OCH3 is 1. The smallest absolute Gasteiger partial charge is 0.257 e. The van der Waals surface area contributed by atoms with Crippen molar-refractivity contribution >= 4 is 11.6 Å². The number of nitrogen functional groups attached to an aromatic ring is 1. The zero-order valence-corrected chi connectivity index (χ0v) is 12.6. The number of aryl methyl sites for hydroxylation is 2. The topological polar surface area (TPSA) is 81.6 Å². The highest BCUT2D eigenvalue weighted by atomic mass is 16.5. The maximum atomic E-state index is 12.6. The predicted octanol–water partition coefficient (Wildman–Crippen LogP) is 2.15. The first-order valence-corrected chi connectivity index (χ1v) is 6.54. The summed E-state index contributed by atoms with van der Waals surface area (Å²) in [5, 5.41) is 3.89. The Morgan fingerprint density at radius 3 is 2.71 bits per heavy atom. The fourth-order valence-corrected chi connectivity index (χ4v) is 2.13. The van der Waals surface area contributed by atoms with Gasteiger partial charge in [-0.1, -0.05) is 5.16 Å². The lowest BCUT2D eigenvalue weighted by Gasteiger charge is -2.18. The fraction of sp³-hybridized carbons (Fsp3) is 0.333. The summed E-state index contributed by atoms with van der Waals surface area (Å²) in [5.41, 5.74) is 8.40. The number of benzene rings is 1. The Morgan fingerprint density at radius 2 is 2.14 bits per heavy atom. The summed E-state index contributed by atoms with van der Waals surface area (Å²) in [5.74, 6) is 1.05. The monoisotopic (exact) mass is 289 g/mol.